The number of quaternary nitrogens is 1. The number of benzene rings is 1. The van der Waals surface area contributed by atoms with Gasteiger partial charge in [0.05, 0.1) is 33.2 Å². The Morgan fingerprint density at radius 2 is 1.61 bits per heavy atom. The van der Waals surface area contributed by atoms with Gasteiger partial charge in [-0.1, -0.05) is 56.0 Å². The molecule has 2 aliphatic rings. The number of likely N-dealkylation sites (N-methyl/N-ethyl adjacent to an activating group) is 1. The Balaban J connectivity index is 1.42. The molecule has 1 aromatic carbocycles. The zero-order valence-electron chi connectivity index (χ0n) is 19.1. The molecule has 0 radical (unpaired) electrons. The summed E-state index contributed by atoms with van der Waals surface area (Å²) in [6, 6.07) is 14.1. The van der Waals surface area contributed by atoms with Crippen LogP contribution in [0.25, 0.3) is 0 Å². The molecule has 1 atom stereocenters. The van der Waals surface area contributed by atoms with Crippen LogP contribution < -0.4 is 5.11 Å². The van der Waals surface area contributed by atoms with Crippen molar-refractivity contribution in [3.05, 3.63) is 60.4 Å². The number of rotatable bonds is 7. The number of amides is 1. The molecule has 2 fully saturated rings. The third kappa shape index (κ3) is 4.58. The number of hydrogen-bond donors (Lipinski definition) is 0. The molecule has 0 N–H and O–H groups in total. The van der Waals surface area contributed by atoms with E-state index in [1.165, 1.54) is 0 Å². The molecule has 4 rings (SSSR count). The van der Waals surface area contributed by atoms with Gasteiger partial charge in [0.1, 0.15) is 0 Å². The lowest BCUT2D eigenvalue weighted by atomic mass is 9.78. The van der Waals surface area contributed by atoms with Gasteiger partial charge in [0.2, 0.25) is 5.91 Å². The van der Waals surface area contributed by atoms with Crippen molar-refractivity contribution in [3.8, 4) is 0 Å². The zero-order chi connectivity index (χ0) is 21.9. The molecule has 1 aliphatic heterocycles. The molecule has 1 saturated heterocycles. The molecular formula is C26H37N3O2. The van der Waals surface area contributed by atoms with Crippen LogP contribution in [0.2, 0.25) is 0 Å². The van der Waals surface area contributed by atoms with Crippen molar-refractivity contribution in [1.29, 1.82) is 0 Å². The van der Waals surface area contributed by atoms with Crippen LogP contribution >= 0.6 is 0 Å². The van der Waals surface area contributed by atoms with Crippen LogP contribution in [-0.4, -0.2) is 59.6 Å². The van der Waals surface area contributed by atoms with Gasteiger partial charge in [-0.05, 0) is 29.2 Å². The average Bonchev–Trinajstić information content (AvgIpc) is 3.52. The van der Waals surface area contributed by atoms with E-state index in [-0.39, 0.29) is 11.8 Å². The fourth-order valence-corrected chi connectivity index (χ4v) is 5.63. The van der Waals surface area contributed by atoms with E-state index in [2.05, 4.69) is 43.2 Å². The first kappa shape index (κ1) is 22.1. The molecule has 1 saturated carbocycles. The topological polar surface area (TPSA) is 48.3 Å². The molecule has 1 aromatic heterocycles. The summed E-state index contributed by atoms with van der Waals surface area (Å²) in [4.78, 5) is 15.5. The fraction of sp³-hybridized carbons (Fsp3) is 0.577. The number of hydrogen-bond acceptors (Lipinski definition) is 2. The Morgan fingerprint density at radius 1 is 1.00 bits per heavy atom. The molecule has 1 amide bonds. The number of carbonyl (C=O) groups excluding carboxylic acids is 1. The molecule has 168 valence electrons. The van der Waals surface area contributed by atoms with E-state index < -0.39 is 5.60 Å². The van der Waals surface area contributed by atoms with Gasteiger partial charge >= 0.3 is 0 Å². The minimum absolute atomic E-state index is 0.0890. The molecule has 0 spiro atoms. The fourth-order valence-electron chi connectivity index (χ4n) is 5.63. The summed E-state index contributed by atoms with van der Waals surface area (Å²) in [7, 11) is 4.60. The Hall–Kier alpha value is -2.11. The van der Waals surface area contributed by atoms with Crippen molar-refractivity contribution in [2.24, 2.45) is 5.92 Å². The Kier molecular flexibility index (Phi) is 6.54. The summed E-state index contributed by atoms with van der Waals surface area (Å²) in [6.45, 7) is 3.44. The first-order valence-electron chi connectivity index (χ1n) is 11.9. The van der Waals surface area contributed by atoms with Gasteiger partial charge in [0.15, 0.2) is 0 Å². The number of piperidine rings is 1. The highest BCUT2D eigenvalue weighted by molar-refractivity contribution is 5.86. The summed E-state index contributed by atoms with van der Waals surface area (Å²) in [6.07, 6.45) is 9.99. The number of aromatic nitrogens is 1. The maximum atomic E-state index is 14.2. The maximum absolute atomic E-state index is 14.2. The summed E-state index contributed by atoms with van der Waals surface area (Å²) in [5.41, 5.74) is -0.986. The lowest BCUT2D eigenvalue weighted by Gasteiger charge is -2.50. The zero-order valence-corrected chi connectivity index (χ0v) is 19.1. The second kappa shape index (κ2) is 9.17. The number of carbonyl (C=O) groups is 1. The highest BCUT2D eigenvalue weighted by Crippen LogP contribution is 2.40. The van der Waals surface area contributed by atoms with Crippen molar-refractivity contribution in [2.75, 3.05) is 33.7 Å². The molecule has 1 aliphatic carbocycles. The van der Waals surface area contributed by atoms with Crippen LogP contribution in [0, 0.1) is 5.92 Å². The summed E-state index contributed by atoms with van der Waals surface area (Å²) in [5, 5.41) is 14.2. The Bertz CT molecular complexity index is 835. The van der Waals surface area contributed by atoms with Crippen molar-refractivity contribution in [1.82, 2.24) is 9.47 Å². The van der Waals surface area contributed by atoms with Gasteiger partial charge in [-0.2, -0.15) is 0 Å². The monoisotopic (exact) mass is 423 g/mol. The van der Waals surface area contributed by atoms with Crippen molar-refractivity contribution in [2.45, 2.75) is 56.7 Å². The lowest BCUT2D eigenvalue weighted by molar-refractivity contribution is -0.916. The quantitative estimate of drug-likeness (QED) is 0.643. The van der Waals surface area contributed by atoms with E-state index >= 15 is 0 Å². The van der Waals surface area contributed by atoms with Gasteiger partial charge < -0.3 is 19.1 Å². The third-order valence-corrected chi connectivity index (χ3v) is 7.79. The largest absolute Gasteiger partial charge is 0.839 e. The van der Waals surface area contributed by atoms with Crippen LogP contribution in [0.3, 0.4) is 0 Å². The van der Waals surface area contributed by atoms with E-state index in [9.17, 15) is 9.90 Å². The SMILES string of the molecule is C[N+](C)(CCn1cccc1)C1CCN(C(=O)C([O-])(c2ccccc2)C2CCCC2)CC1. The van der Waals surface area contributed by atoms with Crippen molar-refractivity contribution < 1.29 is 14.4 Å². The van der Waals surface area contributed by atoms with E-state index in [1.54, 1.807) is 0 Å². The summed E-state index contributed by atoms with van der Waals surface area (Å²) in [5.74, 6) is -0.282. The van der Waals surface area contributed by atoms with Crippen molar-refractivity contribution >= 4 is 5.91 Å². The molecule has 0 bridgehead atoms. The Morgan fingerprint density at radius 3 is 2.23 bits per heavy atom. The van der Waals surface area contributed by atoms with Crippen LogP contribution in [-0.2, 0) is 16.9 Å². The maximum Gasteiger partial charge on any atom is 0.216 e. The smallest absolute Gasteiger partial charge is 0.216 e. The number of likely N-dealkylation sites (tertiary alicyclic amines) is 1. The summed E-state index contributed by atoms with van der Waals surface area (Å²) < 4.78 is 3.18. The lowest BCUT2D eigenvalue weighted by Crippen LogP contribution is -2.62. The molecule has 1 unspecified atom stereocenters. The van der Waals surface area contributed by atoms with E-state index in [0.29, 0.717) is 24.7 Å². The molecular weight excluding hydrogens is 386 g/mol. The highest BCUT2D eigenvalue weighted by atomic mass is 16.3. The molecule has 2 aromatic rings. The van der Waals surface area contributed by atoms with Crippen LogP contribution in [0.4, 0.5) is 0 Å². The minimum atomic E-state index is -1.64. The Labute approximate surface area is 186 Å². The second-order valence-electron chi connectivity index (χ2n) is 10.0. The van der Waals surface area contributed by atoms with Crippen LogP contribution in [0.1, 0.15) is 44.1 Å². The predicted octanol–water partition coefficient (Wildman–Crippen LogP) is 3.00. The number of nitrogens with zero attached hydrogens (tertiary/aromatic N) is 3. The van der Waals surface area contributed by atoms with E-state index in [4.69, 9.17) is 0 Å². The highest BCUT2D eigenvalue weighted by Gasteiger charge is 2.42. The molecule has 5 heteroatoms. The van der Waals surface area contributed by atoms with Crippen molar-refractivity contribution in [3.63, 3.8) is 0 Å². The van der Waals surface area contributed by atoms with Gasteiger partial charge in [0, 0.05) is 38.3 Å². The first-order chi connectivity index (χ1) is 14.9. The van der Waals surface area contributed by atoms with E-state index in [0.717, 1.165) is 56.1 Å². The first-order valence-corrected chi connectivity index (χ1v) is 11.9. The molecule has 2 heterocycles. The van der Waals surface area contributed by atoms with Gasteiger partial charge in [-0.3, -0.25) is 4.79 Å². The van der Waals surface area contributed by atoms with Crippen LogP contribution in [0.5, 0.6) is 0 Å². The summed E-state index contributed by atoms with van der Waals surface area (Å²) >= 11 is 0. The standard InChI is InChI=1S/C26H37N3O2/c1-29(2,21-20-27-16-8-9-17-27)24-14-18-28(19-15-24)25(30)26(31,23-12-6-7-13-23)22-10-4-3-5-11-22/h3-5,8-11,16-17,23-24H,6-7,12-15,18-21H2,1-2H3. The van der Waals surface area contributed by atoms with Gasteiger partial charge in [0.25, 0.3) is 0 Å². The molecule has 31 heavy (non-hydrogen) atoms. The van der Waals surface area contributed by atoms with Gasteiger partial charge in [-0.25, -0.2) is 0 Å². The van der Waals surface area contributed by atoms with Gasteiger partial charge in [-0.15, -0.1) is 0 Å². The second-order valence-corrected chi connectivity index (χ2v) is 10.0. The average molecular weight is 424 g/mol. The minimum Gasteiger partial charge on any atom is -0.839 e. The third-order valence-electron chi connectivity index (χ3n) is 7.79. The van der Waals surface area contributed by atoms with Crippen LogP contribution in [0.15, 0.2) is 54.9 Å². The normalized spacial score (nSPS) is 20.7. The molecule has 5 nitrogen and oxygen atoms in total. The predicted molar refractivity (Wildman–Crippen MR) is 121 cm³/mol. The van der Waals surface area contributed by atoms with E-state index in [1.807, 2.05) is 35.2 Å².